The summed E-state index contributed by atoms with van der Waals surface area (Å²) in [5.74, 6) is 1.69. The van der Waals surface area contributed by atoms with E-state index in [4.69, 9.17) is 14.6 Å². The van der Waals surface area contributed by atoms with E-state index in [2.05, 4.69) is 28.1 Å². The minimum absolute atomic E-state index is 0.0275. The molecule has 0 unspecified atom stereocenters. The molecule has 0 heterocycles. The average Bonchev–Trinajstić information content (AvgIpc) is 2.64. The van der Waals surface area contributed by atoms with E-state index in [0.717, 1.165) is 41.0 Å². The van der Waals surface area contributed by atoms with Crippen LogP contribution in [-0.4, -0.2) is 30.3 Å². The van der Waals surface area contributed by atoms with Crippen molar-refractivity contribution in [2.45, 2.75) is 25.7 Å². The molecule has 0 aliphatic carbocycles. The van der Waals surface area contributed by atoms with Crippen LogP contribution in [0.15, 0.2) is 48.5 Å². The third-order valence-corrected chi connectivity index (χ3v) is 4.26. The summed E-state index contributed by atoms with van der Waals surface area (Å²) in [5, 5.41) is 9.85. The zero-order valence-electron chi connectivity index (χ0n) is 13.9. The van der Waals surface area contributed by atoms with E-state index in [1.807, 2.05) is 36.4 Å². The van der Waals surface area contributed by atoms with Crippen molar-refractivity contribution in [1.29, 1.82) is 0 Å². The third-order valence-electron chi connectivity index (χ3n) is 3.70. The minimum atomic E-state index is 0.0275. The summed E-state index contributed by atoms with van der Waals surface area (Å²) < 4.78 is 11.2. The molecule has 0 radical (unpaired) electrons. The van der Waals surface area contributed by atoms with Gasteiger partial charge in [0.1, 0.15) is 18.1 Å². The van der Waals surface area contributed by atoms with E-state index in [0.29, 0.717) is 6.61 Å². The highest BCUT2D eigenvalue weighted by molar-refractivity contribution is 9.09. The van der Waals surface area contributed by atoms with E-state index < -0.39 is 0 Å². The molecular weight excluding hydrogens is 368 g/mol. The second kappa shape index (κ2) is 11.1. The molecule has 2 aromatic rings. The lowest BCUT2D eigenvalue weighted by Crippen LogP contribution is -2.01. The topological polar surface area (TPSA) is 38.7 Å². The summed E-state index contributed by atoms with van der Waals surface area (Å²) in [6.45, 7) is 1.12. The van der Waals surface area contributed by atoms with Crippen molar-refractivity contribution in [1.82, 2.24) is 0 Å². The first-order chi connectivity index (χ1) is 11.8. The smallest absolute Gasteiger partial charge is 0.119 e. The number of ether oxygens (including phenoxy) is 2. The van der Waals surface area contributed by atoms with Crippen molar-refractivity contribution in [3.05, 3.63) is 48.5 Å². The van der Waals surface area contributed by atoms with Crippen molar-refractivity contribution >= 4 is 15.9 Å². The maximum atomic E-state index is 8.76. The van der Waals surface area contributed by atoms with Crippen LogP contribution in [0.1, 0.15) is 25.7 Å². The fourth-order valence-electron chi connectivity index (χ4n) is 2.39. The normalized spacial score (nSPS) is 10.6. The predicted molar refractivity (Wildman–Crippen MR) is 102 cm³/mol. The van der Waals surface area contributed by atoms with Crippen LogP contribution in [0.3, 0.4) is 0 Å². The molecule has 4 heteroatoms. The van der Waals surface area contributed by atoms with Crippen molar-refractivity contribution in [3.63, 3.8) is 0 Å². The minimum Gasteiger partial charge on any atom is -0.494 e. The average molecular weight is 393 g/mol. The second-order valence-electron chi connectivity index (χ2n) is 5.57. The first kappa shape index (κ1) is 18.8. The third kappa shape index (κ3) is 6.54. The van der Waals surface area contributed by atoms with Crippen LogP contribution in [-0.2, 0) is 0 Å². The maximum absolute atomic E-state index is 8.76. The Bertz CT molecular complexity index is 566. The van der Waals surface area contributed by atoms with Gasteiger partial charge in [-0.3, -0.25) is 0 Å². The number of benzene rings is 2. The number of halogens is 1. The Morgan fingerprint density at radius 1 is 0.667 bits per heavy atom. The molecule has 130 valence electrons. The highest BCUT2D eigenvalue weighted by Crippen LogP contribution is 2.24. The lowest BCUT2D eigenvalue weighted by Gasteiger charge is -2.08. The summed E-state index contributed by atoms with van der Waals surface area (Å²) in [6, 6.07) is 16.1. The number of hydrogen-bond acceptors (Lipinski definition) is 3. The summed E-state index contributed by atoms with van der Waals surface area (Å²) in [6.07, 6.45) is 4.81. The van der Waals surface area contributed by atoms with Gasteiger partial charge < -0.3 is 14.6 Å². The molecule has 1 N–H and O–H groups in total. The molecule has 0 atom stereocenters. The molecule has 0 saturated heterocycles. The molecule has 0 aliphatic rings. The summed E-state index contributed by atoms with van der Waals surface area (Å²) in [5.41, 5.74) is 2.28. The Morgan fingerprint density at radius 2 is 1.17 bits per heavy atom. The van der Waals surface area contributed by atoms with Gasteiger partial charge in [0.25, 0.3) is 0 Å². The van der Waals surface area contributed by atoms with Gasteiger partial charge in [0.15, 0.2) is 0 Å². The number of aliphatic hydroxyl groups is 1. The molecular formula is C20H25BrO3. The first-order valence-electron chi connectivity index (χ1n) is 8.46. The Balaban J connectivity index is 1.80. The van der Waals surface area contributed by atoms with E-state index >= 15 is 0 Å². The van der Waals surface area contributed by atoms with Crippen LogP contribution >= 0.6 is 15.9 Å². The Kier molecular flexibility index (Phi) is 8.71. The molecule has 0 bridgehead atoms. The van der Waals surface area contributed by atoms with Crippen molar-refractivity contribution in [2.24, 2.45) is 0 Å². The molecule has 0 aliphatic heterocycles. The monoisotopic (exact) mass is 392 g/mol. The van der Waals surface area contributed by atoms with E-state index in [-0.39, 0.29) is 6.61 Å². The van der Waals surface area contributed by atoms with E-state index in [9.17, 15) is 0 Å². The summed E-state index contributed by atoms with van der Waals surface area (Å²) in [7, 11) is 0. The molecule has 0 aromatic heterocycles. The number of hydrogen-bond donors (Lipinski definition) is 1. The zero-order chi connectivity index (χ0) is 17.0. The standard InChI is InChI=1S/C20H25BrO3/c21-13-3-1-2-4-15-23-19-9-5-17(6-10-19)18-7-11-20(12-8-18)24-16-14-22/h5-12,22H,1-4,13-16H2. The lowest BCUT2D eigenvalue weighted by atomic mass is 10.1. The SMILES string of the molecule is OCCOc1ccc(-c2ccc(OCCCCCCBr)cc2)cc1. The van der Waals surface area contributed by atoms with Crippen LogP contribution in [0.25, 0.3) is 11.1 Å². The van der Waals surface area contributed by atoms with Crippen LogP contribution < -0.4 is 9.47 Å². The molecule has 0 amide bonds. The zero-order valence-corrected chi connectivity index (χ0v) is 15.5. The summed E-state index contributed by atoms with van der Waals surface area (Å²) >= 11 is 3.45. The molecule has 24 heavy (non-hydrogen) atoms. The largest absolute Gasteiger partial charge is 0.494 e. The van der Waals surface area contributed by atoms with Gasteiger partial charge in [-0.2, -0.15) is 0 Å². The highest BCUT2D eigenvalue weighted by Gasteiger charge is 2.00. The van der Waals surface area contributed by atoms with Crippen LogP contribution in [0.5, 0.6) is 11.5 Å². The lowest BCUT2D eigenvalue weighted by molar-refractivity contribution is 0.201. The predicted octanol–water partition coefficient (Wildman–Crippen LogP) is 5.06. The number of unbranched alkanes of at least 4 members (excludes halogenated alkanes) is 3. The number of aliphatic hydroxyl groups excluding tert-OH is 1. The Labute approximate surface area is 152 Å². The van der Waals surface area contributed by atoms with Crippen LogP contribution in [0.2, 0.25) is 0 Å². The highest BCUT2D eigenvalue weighted by atomic mass is 79.9. The number of rotatable bonds is 11. The van der Waals surface area contributed by atoms with E-state index in [1.165, 1.54) is 19.3 Å². The van der Waals surface area contributed by atoms with Gasteiger partial charge in [0, 0.05) is 5.33 Å². The van der Waals surface area contributed by atoms with Gasteiger partial charge in [-0.1, -0.05) is 53.0 Å². The van der Waals surface area contributed by atoms with Crippen molar-refractivity contribution < 1.29 is 14.6 Å². The quantitative estimate of drug-likeness (QED) is 0.429. The number of alkyl halides is 1. The van der Waals surface area contributed by atoms with Crippen LogP contribution in [0.4, 0.5) is 0 Å². The maximum Gasteiger partial charge on any atom is 0.119 e. The van der Waals surface area contributed by atoms with Gasteiger partial charge in [0.05, 0.1) is 13.2 Å². The Hall–Kier alpha value is -1.52. The van der Waals surface area contributed by atoms with Crippen LogP contribution in [0, 0.1) is 0 Å². The fraction of sp³-hybridized carbons (Fsp3) is 0.400. The molecule has 2 aromatic carbocycles. The molecule has 2 rings (SSSR count). The Morgan fingerprint density at radius 3 is 1.67 bits per heavy atom. The van der Waals surface area contributed by atoms with Gasteiger partial charge in [-0.15, -0.1) is 0 Å². The molecule has 3 nitrogen and oxygen atoms in total. The van der Waals surface area contributed by atoms with Crippen molar-refractivity contribution in [2.75, 3.05) is 25.2 Å². The van der Waals surface area contributed by atoms with Gasteiger partial charge in [-0.25, -0.2) is 0 Å². The van der Waals surface area contributed by atoms with Gasteiger partial charge in [0.2, 0.25) is 0 Å². The summed E-state index contributed by atoms with van der Waals surface area (Å²) in [4.78, 5) is 0. The fourth-order valence-corrected chi connectivity index (χ4v) is 2.79. The molecule has 0 saturated carbocycles. The molecule has 0 fully saturated rings. The van der Waals surface area contributed by atoms with Gasteiger partial charge in [-0.05, 0) is 48.2 Å². The second-order valence-corrected chi connectivity index (χ2v) is 6.37. The van der Waals surface area contributed by atoms with E-state index in [1.54, 1.807) is 0 Å². The molecule has 0 spiro atoms. The first-order valence-corrected chi connectivity index (χ1v) is 9.58. The van der Waals surface area contributed by atoms with Gasteiger partial charge >= 0.3 is 0 Å². The van der Waals surface area contributed by atoms with Crippen molar-refractivity contribution in [3.8, 4) is 22.6 Å².